The monoisotopic (exact) mass is 359 g/mol. The van der Waals surface area contributed by atoms with Gasteiger partial charge in [-0.1, -0.05) is 26.0 Å². The third-order valence-corrected chi connectivity index (χ3v) is 4.30. The first-order valence-corrected chi connectivity index (χ1v) is 8.70. The number of piperidine rings is 1. The van der Waals surface area contributed by atoms with Crippen LogP contribution in [0.4, 0.5) is 0 Å². The standard InChI is InChI=1S/C20H25NO5/c1-14-10-15(2)12-21(11-14)18(22)13-26-19(23)9-6-16-4-7-17(8-5-16)20(24)25-3/h4-9,14-15H,10-13H2,1-3H3/b9-6+/t14-,15-/m1/s1. The number of hydrogen-bond donors (Lipinski definition) is 0. The van der Waals surface area contributed by atoms with Gasteiger partial charge in [-0.05, 0) is 42.0 Å². The predicted molar refractivity (Wildman–Crippen MR) is 97.3 cm³/mol. The van der Waals surface area contributed by atoms with Crippen molar-refractivity contribution in [1.29, 1.82) is 0 Å². The molecule has 1 saturated heterocycles. The van der Waals surface area contributed by atoms with Gasteiger partial charge in [-0.15, -0.1) is 0 Å². The van der Waals surface area contributed by atoms with Gasteiger partial charge in [0, 0.05) is 19.2 Å². The molecule has 1 aliphatic heterocycles. The number of hydrogen-bond acceptors (Lipinski definition) is 5. The second kappa shape index (κ2) is 9.17. The van der Waals surface area contributed by atoms with E-state index in [1.165, 1.54) is 13.2 Å². The van der Waals surface area contributed by atoms with Gasteiger partial charge in [0.1, 0.15) is 0 Å². The van der Waals surface area contributed by atoms with Gasteiger partial charge in [0.2, 0.25) is 0 Å². The second-order valence-electron chi connectivity index (χ2n) is 6.80. The lowest BCUT2D eigenvalue weighted by atomic mass is 9.92. The molecule has 6 nitrogen and oxygen atoms in total. The van der Waals surface area contributed by atoms with Crippen LogP contribution in [0, 0.1) is 11.8 Å². The van der Waals surface area contributed by atoms with Crippen LogP contribution in [0.3, 0.4) is 0 Å². The molecule has 1 fully saturated rings. The van der Waals surface area contributed by atoms with Crippen LogP contribution >= 0.6 is 0 Å². The largest absolute Gasteiger partial charge is 0.465 e. The maximum atomic E-state index is 12.2. The summed E-state index contributed by atoms with van der Waals surface area (Å²) < 4.78 is 9.66. The Morgan fingerprint density at radius 2 is 1.73 bits per heavy atom. The maximum absolute atomic E-state index is 12.2. The van der Waals surface area contributed by atoms with Crippen molar-refractivity contribution in [1.82, 2.24) is 4.90 Å². The van der Waals surface area contributed by atoms with E-state index in [1.807, 2.05) is 0 Å². The molecule has 0 aromatic heterocycles. The molecule has 2 rings (SSSR count). The van der Waals surface area contributed by atoms with Crippen molar-refractivity contribution in [3.8, 4) is 0 Å². The highest BCUT2D eigenvalue weighted by atomic mass is 16.5. The normalized spacial score (nSPS) is 20.0. The van der Waals surface area contributed by atoms with Crippen molar-refractivity contribution in [3.05, 3.63) is 41.5 Å². The highest BCUT2D eigenvalue weighted by Crippen LogP contribution is 2.20. The minimum Gasteiger partial charge on any atom is -0.465 e. The van der Waals surface area contributed by atoms with Crippen LogP contribution < -0.4 is 0 Å². The summed E-state index contributed by atoms with van der Waals surface area (Å²) in [6.45, 7) is 5.42. The summed E-state index contributed by atoms with van der Waals surface area (Å²) in [5, 5.41) is 0. The zero-order chi connectivity index (χ0) is 19.1. The third kappa shape index (κ3) is 5.72. The van der Waals surface area contributed by atoms with Crippen molar-refractivity contribution in [2.45, 2.75) is 20.3 Å². The van der Waals surface area contributed by atoms with Gasteiger partial charge in [-0.2, -0.15) is 0 Å². The van der Waals surface area contributed by atoms with Gasteiger partial charge in [0.05, 0.1) is 12.7 Å². The van der Waals surface area contributed by atoms with Gasteiger partial charge < -0.3 is 14.4 Å². The summed E-state index contributed by atoms with van der Waals surface area (Å²) in [5.41, 5.74) is 1.17. The van der Waals surface area contributed by atoms with E-state index in [-0.39, 0.29) is 12.5 Å². The van der Waals surface area contributed by atoms with Crippen molar-refractivity contribution >= 4 is 23.9 Å². The van der Waals surface area contributed by atoms with Crippen LogP contribution in [-0.4, -0.2) is 49.6 Å². The van der Waals surface area contributed by atoms with Crippen LogP contribution in [-0.2, 0) is 19.1 Å². The minimum atomic E-state index is -0.575. The average molecular weight is 359 g/mol. The minimum absolute atomic E-state index is 0.160. The van der Waals surface area contributed by atoms with Crippen LogP contribution in [0.2, 0.25) is 0 Å². The fraction of sp³-hybridized carbons (Fsp3) is 0.450. The summed E-state index contributed by atoms with van der Waals surface area (Å²) in [7, 11) is 1.32. The summed E-state index contributed by atoms with van der Waals surface area (Å²) in [6, 6.07) is 6.60. The molecular formula is C20H25NO5. The predicted octanol–water partition coefficient (Wildman–Crippen LogP) is 2.53. The quantitative estimate of drug-likeness (QED) is 0.597. The Morgan fingerprint density at radius 1 is 1.12 bits per heavy atom. The van der Waals surface area contributed by atoms with Crippen molar-refractivity contribution in [2.75, 3.05) is 26.8 Å². The molecule has 0 aliphatic carbocycles. The number of methoxy groups -OCH3 is 1. The SMILES string of the molecule is COC(=O)c1ccc(/C=C/C(=O)OCC(=O)N2C[C@H](C)C[C@@H](C)C2)cc1. The van der Waals surface area contributed by atoms with E-state index in [2.05, 4.69) is 18.6 Å². The summed E-state index contributed by atoms with van der Waals surface area (Å²) in [6.07, 6.45) is 3.95. The number of benzene rings is 1. The number of likely N-dealkylation sites (tertiary alicyclic amines) is 1. The molecule has 140 valence electrons. The molecule has 0 N–H and O–H groups in total. The number of nitrogens with zero attached hydrogens (tertiary/aromatic N) is 1. The third-order valence-electron chi connectivity index (χ3n) is 4.30. The topological polar surface area (TPSA) is 72.9 Å². The lowest BCUT2D eigenvalue weighted by Crippen LogP contribution is -2.44. The molecule has 0 radical (unpaired) electrons. The van der Waals surface area contributed by atoms with Crippen molar-refractivity contribution in [3.63, 3.8) is 0 Å². The molecule has 1 aliphatic rings. The zero-order valence-electron chi connectivity index (χ0n) is 15.4. The molecular weight excluding hydrogens is 334 g/mol. The van der Waals surface area contributed by atoms with Crippen molar-refractivity contribution < 1.29 is 23.9 Å². The molecule has 0 unspecified atom stereocenters. The van der Waals surface area contributed by atoms with Gasteiger partial charge in [0.15, 0.2) is 6.61 Å². The van der Waals surface area contributed by atoms with E-state index < -0.39 is 11.9 Å². The summed E-state index contributed by atoms with van der Waals surface area (Å²) in [4.78, 5) is 37.1. The van der Waals surface area contributed by atoms with Gasteiger partial charge in [0.25, 0.3) is 5.91 Å². The summed E-state index contributed by atoms with van der Waals surface area (Å²) in [5.74, 6) is -0.224. The van der Waals surface area contributed by atoms with E-state index >= 15 is 0 Å². The first-order valence-electron chi connectivity index (χ1n) is 8.70. The zero-order valence-corrected chi connectivity index (χ0v) is 15.4. The Kier molecular flexibility index (Phi) is 6.95. The Morgan fingerprint density at radius 3 is 2.31 bits per heavy atom. The average Bonchev–Trinajstić information content (AvgIpc) is 2.63. The number of rotatable bonds is 5. The Hall–Kier alpha value is -2.63. The van der Waals surface area contributed by atoms with Crippen LogP contribution in [0.5, 0.6) is 0 Å². The van der Waals surface area contributed by atoms with E-state index in [4.69, 9.17) is 4.74 Å². The van der Waals surface area contributed by atoms with Crippen molar-refractivity contribution in [2.24, 2.45) is 11.8 Å². The molecule has 6 heteroatoms. The van der Waals surface area contributed by atoms with Gasteiger partial charge >= 0.3 is 11.9 Å². The first kappa shape index (κ1) is 19.7. The van der Waals surface area contributed by atoms with E-state index in [0.717, 1.165) is 12.0 Å². The summed E-state index contributed by atoms with van der Waals surface area (Å²) >= 11 is 0. The van der Waals surface area contributed by atoms with E-state index in [0.29, 0.717) is 30.5 Å². The lowest BCUT2D eigenvalue weighted by Gasteiger charge is -2.34. The van der Waals surface area contributed by atoms with Crippen LogP contribution in [0.25, 0.3) is 6.08 Å². The maximum Gasteiger partial charge on any atom is 0.337 e. The number of carbonyl (C=O) groups is 3. The fourth-order valence-electron chi connectivity index (χ4n) is 3.15. The highest BCUT2D eigenvalue weighted by molar-refractivity contribution is 5.91. The molecule has 1 aromatic carbocycles. The van der Waals surface area contributed by atoms with E-state index in [1.54, 1.807) is 35.2 Å². The number of esters is 2. The molecule has 2 atom stereocenters. The van der Waals surface area contributed by atoms with Gasteiger partial charge in [-0.25, -0.2) is 9.59 Å². The number of ether oxygens (including phenoxy) is 2. The van der Waals surface area contributed by atoms with Crippen LogP contribution in [0.1, 0.15) is 36.2 Å². The fourth-order valence-corrected chi connectivity index (χ4v) is 3.15. The molecule has 1 aromatic rings. The molecule has 0 spiro atoms. The van der Waals surface area contributed by atoms with Crippen LogP contribution in [0.15, 0.2) is 30.3 Å². The van der Waals surface area contributed by atoms with Gasteiger partial charge in [-0.3, -0.25) is 4.79 Å². The second-order valence-corrected chi connectivity index (χ2v) is 6.80. The molecule has 1 amide bonds. The lowest BCUT2D eigenvalue weighted by molar-refractivity contribution is -0.149. The highest BCUT2D eigenvalue weighted by Gasteiger charge is 2.25. The molecule has 26 heavy (non-hydrogen) atoms. The molecule has 1 heterocycles. The first-order chi connectivity index (χ1) is 12.4. The Bertz CT molecular complexity index is 670. The molecule has 0 bridgehead atoms. The Labute approximate surface area is 153 Å². The number of carbonyl (C=O) groups excluding carboxylic acids is 3. The molecule has 0 saturated carbocycles. The van der Waals surface area contributed by atoms with E-state index in [9.17, 15) is 14.4 Å². The number of amides is 1. The smallest absolute Gasteiger partial charge is 0.337 e. The Balaban J connectivity index is 1.81.